The number of hydrogen-bond acceptors (Lipinski definition) is 5. The second-order valence-corrected chi connectivity index (χ2v) is 5.29. The van der Waals surface area contributed by atoms with E-state index in [2.05, 4.69) is 10.2 Å². The number of aromatic hydroxyl groups is 1. The van der Waals surface area contributed by atoms with Crippen molar-refractivity contribution in [1.29, 1.82) is 0 Å². The van der Waals surface area contributed by atoms with Crippen molar-refractivity contribution < 1.29 is 14.9 Å². The number of aliphatic hydroxyl groups is 1. The average Bonchev–Trinajstić information content (AvgIpc) is 2.93. The number of ether oxygens (including phenoxy) is 1. The zero-order valence-corrected chi connectivity index (χ0v) is 12.0. The van der Waals surface area contributed by atoms with Crippen molar-refractivity contribution in [3.63, 3.8) is 0 Å². The van der Waals surface area contributed by atoms with E-state index in [1.54, 1.807) is 13.2 Å². The van der Waals surface area contributed by atoms with Crippen LogP contribution in [0.25, 0.3) is 0 Å². The van der Waals surface area contributed by atoms with Crippen molar-refractivity contribution in [2.75, 3.05) is 33.3 Å². The summed E-state index contributed by atoms with van der Waals surface area (Å²) in [6.45, 7) is 3.98. The number of hydrogen-bond donors (Lipinski definition) is 3. The molecule has 0 aromatic heterocycles. The Balaban J connectivity index is 1.72. The van der Waals surface area contributed by atoms with Crippen LogP contribution in [0.2, 0.25) is 0 Å². The number of β-amino-alcohol motifs (C(OH)–C–C–N with tert-alkyl or cyclic N) is 1. The van der Waals surface area contributed by atoms with Gasteiger partial charge in [-0.25, -0.2) is 0 Å². The van der Waals surface area contributed by atoms with Gasteiger partial charge in [0, 0.05) is 31.3 Å². The molecule has 20 heavy (non-hydrogen) atoms. The highest BCUT2D eigenvalue weighted by Gasteiger charge is 2.15. The molecule has 0 aliphatic carbocycles. The van der Waals surface area contributed by atoms with Crippen molar-refractivity contribution in [3.8, 4) is 11.5 Å². The minimum absolute atomic E-state index is 0.214. The van der Waals surface area contributed by atoms with Crippen LogP contribution >= 0.6 is 0 Å². The Morgan fingerprint density at radius 2 is 2.10 bits per heavy atom. The summed E-state index contributed by atoms with van der Waals surface area (Å²) in [4.78, 5) is 2.29. The van der Waals surface area contributed by atoms with Crippen LogP contribution in [0, 0.1) is 0 Å². The van der Waals surface area contributed by atoms with E-state index in [-0.39, 0.29) is 11.9 Å². The highest BCUT2D eigenvalue weighted by molar-refractivity contribution is 5.39. The summed E-state index contributed by atoms with van der Waals surface area (Å²) in [5, 5.41) is 23.0. The first kappa shape index (κ1) is 15.1. The molecule has 5 nitrogen and oxygen atoms in total. The fourth-order valence-corrected chi connectivity index (χ4v) is 2.52. The van der Waals surface area contributed by atoms with Crippen LogP contribution < -0.4 is 10.1 Å². The predicted octanol–water partition coefficient (Wildman–Crippen LogP) is 0.947. The first-order chi connectivity index (χ1) is 9.69. The molecule has 0 bridgehead atoms. The van der Waals surface area contributed by atoms with Crippen LogP contribution in [0.3, 0.4) is 0 Å². The van der Waals surface area contributed by atoms with Crippen molar-refractivity contribution in [2.24, 2.45) is 0 Å². The first-order valence-corrected chi connectivity index (χ1v) is 7.16. The molecule has 1 aliphatic heterocycles. The second kappa shape index (κ2) is 7.47. The van der Waals surface area contributed by atoms with Crippen LogP contribution in [0.5, 0.6) is 11.5 Å². The Bertz CT molecular complexity index is 420. The summed E-state index contributed by atoms with van der Waals surface area (Å²) in [7, 11) is 1.57. The number of methoxy groups -OCH3 is 1. The van der Waals surface area contributed by atoms with Crippen LogP contribution in [-0.2, 0) is 6.54 Å². The van der Waals surface area contributed by atoms with Crippen molar-refractivity contribution in [1.82, 2.24) is 10.2 Å². The number of rotatable bonds is 7. The Hall–Kier alpha value is -1.30. The number of phenolic OH excluding ortho intramolecular Hbond substituents is 1. The Kier molecular flexibility index (Phi) is 5.64. The lowest BCUT2D eigenvalue weighted by molar-refractivity contribution is 0.123. The number of benzene rings is 1. The zero-order chi connectivity index (χ0) is 14.4. The number of nitrogens with one attached hydrogen (secondary N) is 1. The molecule has 3 N–H and O–H groups in total. The number of phenols is 1. The molecule has 0 amide bonds. The molecular formula is C15H24N2O3. The molecule has 1 saturated heterocycles. The van der Waals surface area contributed by atoms with Crippen LogP contribution in [0.4, 0.5) is 0 Å². The van der Waals surface area contributed by atoms with Crippen molar-refractivity contribution in [2.45, 2.75) is 25.5 Å². The molecule has 1 aromatic carbocycles. The third-order valence-electron chi connectivity index (χ3n) is 3.66. The molecule has 2 rings (SSSR count). The van der Waals surface area contributed by atoms with Crippen molar-refractivity contribution >= 4 is 0 Å². The standard InChI is InChI=1S/C15H24N2O3/c1-20-14-5-4-12(15(19)8-14)9-16-10-13(18)11-17-6-2-3-7-17/h4-5,8,13,16,18-19H,2-3,6-7,9-11H2,1H3. The fourth-order valence-electron chi connectivity index (χ4n) is 2.52. The van der Waals surface area contributed by atoms with E-state index in [0.717, 1.165) is 25.2 Å². The maximum atomic E-state index is 9.95. The smallest absolute Gasteiger partial charge is 0.123 e. The molecule has 1 atom stereocenters. The van der Waals surface area contributed by atoms with E-state index in [1.165, 1.54) is 12.8 Å². The van der Waals surface area contributed by atoms with Gasteiger partial charge in [-0.05, 0) is 32.0 Å². The zero-order valence-electron chi connectivity index (χ0n) is 12.0. The topological polar surface area (TPSA) is 65.0 Å². The third kappa shape index (κ3) is 4.37. The lowest BCUT2D eigenvalue weighted by atomic mass is 10.2. The monoisotopic (exact) mass is 280 g/mol. The molecular weight excluding hydrogens is 256 g/mol. The molecule has 1 aromatic rings. The molecule has 1 unspecified atom stereocenters. The first-order valence-electron chi connectivity index (χ1n) is 7.16. The maximum Gasteiger partial charge on any atom is 0.123 e. The second-order valence-electron chi connectivity index (χ2n) is 5.29. The van der Waals surface area contributed by atoms with Crippen LogP contribution in [0.15, 0.2) is 18.2 Å². The van der Waals surface area contributed by atoms with Gasteiger partial charge in [0.05, 0.1) is 13.2 Å². The van der Waals surface area contributed by atoms with E-state index in [1.807, 2.05) is 12.1 Å². The summed E-state index contributed by atoms with van der Waals surface area (Å²) < 4.78 is 5.04. The van der Waals surface area contributed by atoms with Crippen LogP contribution in [-0.4, -0.2) is 54.5 Å². The van der Waals surface area contributed by atoms with E-state index in [9.17, 15) is 10.2 Å². The minimum Gasteiger partial charge on any atom is -0.507 e. The molecule has 112 valence electrons. The van der Waals surface area contributed by atoms with Gasteiger partial charge in [0.15, 0.2) is 0 Å². The lowest BCUT2D eigenvalue weighted by Gasteiger charge is -2.19. The fraction of sp³-hybridized carbons (Fsp3) is 0.600. The molecule has 0 radical (unpaired) electrons. The molecule has 0 saturated carbocycles. The summed E-state index contributed by atoms with van der Waals surface area (Å²) >= 11 is 0. The van der Waals surface area contributed by atoms with Gasteiger partial charge in [0.25, 0.3) is 0 Å². The van der Waals surface area contributed by atoms with E-state index in [0.29, 0.717) is 18.8 Å². The largest absolute Gasteiger partial charge is 0.507 e. The molecule has 1 heterocycles. The molecule has 1 aliphatic rings. The lowest BCUT2D eigenvalue weighted by Crippen LogP contribution is -2.36. The Labute approximate surface area is 120 Å². The minimum atomic E-state index is -0.367. The van der Waals surface area contributed by atoms with E-state index >= 15 is 0 Å². The number of likely N-dealkylation sites (tertiary alicyclic amines) is 1. The molecule has 5 heteroatoms. The summed E-state index contributed by atoms with van der Waals surface area (Å²) in [5.74, 6) is 0.853. The van der Waals surface area contributed by atoms with Gasteiger partial charge >= 0.3 is 0 Å². The van der Waals surface area contributed by atoms with Crippen molar-refractivity contribution in [3.05, 3.63) is 23.8 Å². The number of aliphatic hydroxyl groups excluding tert-OH is 1. The van der Waals surface area contributed by atoms with Gasteiger partial charge in [-0.15, -0.1) is 0 Å². The maximum absolute atomic E-state index is 9.95. The summed E-state index contributed by atoms with van der Waals surface area (Å²) in [6, 6.07) is 5.24. The van der Waals surface area contributed by atoms with E-state index < -0.39 is 0 Å². The van der Waals surface area contributed by atoms with Crippen LogP contribution in [0.1, 0.15) is 18.4 Å². The third-order valence-corrected chi connectivity index (χ3v) is 3.66. The molecule has 1 fully saturated rings. The number of nitrogens with zero attached hydrogens (tertiary/aromatic N) is 1. The normalized spacial score (nSPS) is 17.3. The average molecular weight is 280 g/mol. The quantitative estimate of drug-likeness (QED) is 0.694. The van der Waals surface area contributed by atoms with Gasteiger partial charge in [-0.2, -0.15) is 0 Å². The summed E-state index contributed by atoms with van der Waals surface area (Å²) in [6.07, 6.45) is 2.10. The predicted molar refractivity (Wildman–Crippen MR) is 78.0 cm³/mol. The van der Waals surface area contributed by atoms with Gasteiger partial charge in [0.1, 0.15) is 11.5 Å². The Morgan fingerprint density at radius 1 is 1.35 bits per heavy atom. The molecule has 0 spiro atoms. The van der Waals surface area contributed by atoms with E-state index in [4.69, 9.17) is 4.74 Å². The van der Waals surface area contributed by atoms with Gasteiger partial charge in [-0.1, -0.05) is 6.07 Å². The van der Waals surface area contributed by atoms with Gasteiger partial charge < -0.3 is 25.2 Å². The highest BCUT2D eigenvalue weighted by Crippen LogP contribution is 2.23. The highest BCUT2D eigenvalue weighted by atomic mass is 16.5. The van der Waals surface area contributed by atoms with Gasteiger partial charge in [-0.3, -0.25) is 0 Å². The Morgan fingerprint density at radius 3 is 2.75 bits per heavy atom. The SMILES string of the molecule is COc1ccc(CNCC(O)CN2CCCC2)c(O)c1. The summed E-state index contributed by atoms with van der Waals surface area (Å²) in [5.41, 5.74) is 0.805. The van der Waals surface area contributed by atoms with Gasteiger partial charge in [0.2, 0.25) is 0 Å².